The number of ether oxygens (including phenoxy) is 1. The third-order valence-electron chi connectivity index (χ3n) is 3.38. The minimum Gasteiger partial charge on any atom is -0.384 e. The lowest BCUT2D eigenvalue weighted by Crippen LogP contribution is -2.28. The van der Waals surface area contributed by atoms with Crippen LogP contribution in [0.1, 0.15) is 16.8 Å². The number of carbonyl (C=O) groups is 1. The molecule has 19 heavy (non-hydrogen) atoms. The summed E-state index contributed by atoms with van der Waals surface area (Å²) in [6.45, 7) is 3.05. The lowest BCUT2D eigenvalue weighted by Gasteiger charge is -2.15. The smallest absolute Gasteiger partial charge is 0.176 e. The molecule has 0 spiro atoms. The van der Waals surface area contributed by atoms with E-state index in [-0.39, 0.29) is 5.78 Å². The summed E-state index contributed by atoms with van der Waals surface area (Å²) in [6.07, 6.45) is 1.09. The summed E-state index contributed by atoms with van der Waals surface area (Å²) in [6, 6.07) is 5.02. The SMILES string of the molecule is COCC1CCN(CC(=O)c2ccc(Cl)c(Cl)c2)C1. The molecule has 1 unspecified atom stereocenters. The Balaban J connectivity index is 1.92. The second-order valence-corrected chi connectivity index (χ2v) is 5.71. The number of likely N-dealkylation sites (tertiary alicyclic amines) is 1. The highest BCUT2D eigenvalue weighted by Gasteiger charge is 2.24. The Bertz CT molecular complexity index is 465. The van der Waals surface area contributed by atoms with E-state index in [4.69, 9.17) is 27.9 Å². The number of hydrogen-bond donors (Lipinski definition) is 0. The van der Waals surface area contributed by atoms with E-state index in [1.807, 2.05) is 0 Å². The van der Waals surface area contributed by atoms with E-state index in [9.17, 15) is 4.79 Å². The maximum absolute atomic E-state index is 12.2. The Morgan fingerprint density at radius 1 is 1.42 bits per heavy atom. The van der Waals surface area contributed by atoms with Gasteiger partial charge in [-0.1, -0.05) is 23.2 Å². The highest BCUT2D eigenvalue weighted by Crippen LogP contribution is 2.23. The minimum atomic E-state index is 0.0802. The fourth-order valence-electron chi connectivity index (χ4n) is 2.39. The number of halogens is 2. The quantitative estimate of drug-likeness (QED) is 0.783. The van der Waals surface area contributed by atoms with Crippen LogP contribution >= 0.6 is 23.2 Å². The molecule has 1 aromatic carbocycles. The number of benzene rings is 1. The van der Waals surface area contributed by atoms with Gasteiger partial charge in [-0.3, -0.25) is 9.69 Å². The van der Waals surface area contributed by atoms with Crippen molar-refractivity contribution in [3.05, 3.63) is 33.8 Å². The molecule has 1 aliphatic heterocycles. The zero-order chi connectivity index (χ0) is 13.8. The Morgan fingerprint density at radius 3 is 2.89 bits per heavy atom. The van der Waals surface area contributed by atoms with Gasteiger partial charge in [-0.15, -0.1) is 0 Å². The number of hydrogen-bond acceptors (Lipinski definition) is 3. The number of ketones is 1. The summed E-state index contributed by atoms with van der Waals surface area (Å²) in [4.78, 5) is 14.3. The second kappa shape index (κ2) is 6.71. The van der Waals surface area contributed by atoms with Crippen molar-refractivity contribution in [2.45, 2.75) is 6.42 Å². The molecule has 1 aromatic rings. The zero-order valence-electron chi connectivity index (χ0n) is 10.9. The molecule has 3 nitrogen and oxygen atoms in total. The van der Waals surface area contributed by atoms with Gasteiger partial charge in [0, 0.05) is 19.2 Å². The summed E-state index contributed by atoms with van der Waals surface area (Å²) < 4.78 is 5.15. The first-order valence-electron chi connectivity index (χ1n) is 6.29. The van der Waals surface area contributed by atoms with Gasteiger partial charge in [0.05, 0.1) is 23.2 Å². The minimum absolute atomic E-state index is 0.0802. The Hall–Kier alpha value is -0.610. The molecule has 0 bridgehead atoms. The van der Waals surface area contributed by atoms with Gasteiger partial charge in [-0.2, -0.15) is 0 Å². The molecular weight excluding hydrogens is 285 g/mol. The van der Waals surface area contributed by atoms with Crippen LogP contribution in [0.3, 0.4) is 0 Å². The van der Waals surface area contributed by atoms with Gasteiger partial charge >= 0.3 is 0 Å². The van der Waals surface area contributed by atoms with E-state index in [1.54, 1.807) is 25.3 Å². The van der Waals surface area contributed by atoms with Crippen LogP contribution in [0.5, 0.6) is 0 Å². The van der Waals surface area contributed by atoms with Crippen molar-refractivity contribution in [1.82, 2.24) is 4.90 Å². The topological polar surface area (TPSA) is 29.5 Å². The largest absolute Gasteiger partial charge is 0.384 e. The average molecular weight is 302 g/mol. The standard InChI is InChI=1S/C14H17Cl2NO2/c1-19-9-10-4-5-17(7-10)8-14(18)11-2-3-12(15)13(16)6-11/h2-3,6,10H,4-5,7-9H2,1H3. The summed E-state index contributed by atoms with van der Waals surface area (Å²) in [5.74, 6) is 0.614. The van der Waals surface area contributed by atoms with E-state index in [1.165, 1.54) is 0 Å². The fourth-order valence-corrected chi connectivity index (χ4v) is 2.69. The van der Waals surface area contributed by atoms with E-state index < -0.39 is 0 Å². The van der Waals surface area contributed by atoms with Crippen LogP contribution < -0.4 is 0 Å². The first kappa shape index (κ1) is 14.8. The lowest BCUT2D eigenvalue weighted by molar-refractivity contribution is 0.0937. The fraction of sp³-hybridized carbons (Fsp3) is 0.500. The first-order valence-corrected chi connectivity index (χ1v) is 7.05. The molecule has 0 amide bonds. The van der Waals surface area contributed by atoms with Gasteiger partial charge in [-0.25, -0.2) is 0 Å². The lowest BCUT2D eigenvalue weighted by atomic mass is 10.1. The summed E-state index contributed by atoms with van der Waals surface area (Å²) in [7, 11) is 1.71. The van der Waals surface area contributed by atoms with Gasteiger partial charge in [-0.05, 0) is 37.1 Å². The van der Waals surface area contributed by atoms with Crippen molar-refractivity contribution in [3.63, 3.8) is 0 Å². The number of Topliss-reactive ketones (excluding diaryl/α,β-unsaturated/α-hetero) is 1. The predicted molar refractivity (Wildman–Crippen MR) is 77.2 cm³/mol. The Kier molecular flexibility index (Phi) is 5.22. The Morgan fingerprint density at radius 2 is 2.21 bits per heavy atom. The van der Waals surface area contributed by atoms with Gasteiger partial charge in [0.2, 0.25) is 0 Å². The molecule has 0 aliphatic carbocycles. The molecule has 0 aromatic heterocycles. The van der Waals surface area contributed by atoms with Crippen molar-refractivity contribution in [1.29, 1.82) is 0 Å². The van der Waals surface area contributed by atoms with E-state index in [0.29, 0.717) is 28.1 Å². The predicted octanol–water partition coefficient (Wildman–Crippen LogP) is 3.14. The first-order chi connectivity index (χ1) is 9.10. The second-order valence-electron chi connectivity index (χ2n) is 4.90. The maximum Gasteiger partial charge on any atom is 0.176 e. The van der Waals surface area contributed by atoms with Crippen molar-refractivity contribution in [3.8, 4) is 0 Å². The molecule has 0 saturated carbocycles. The molecule has 1 fully saturated rings. The number of carbonyl (C=O) groups excluding carboxylic acids is 1. The van der Waals surface area contributed by atoms with Crippen molar-refractivity contribution in [2.75, 3.05) is 33.4 Å². The summed E-state index contributed by atoms with van der Waals surface area (Å²) >= 11 is 11.8. The summed E-state index contributed by atoms with van der Waals surface area (Å²) in [5, 5.41) is 0.894. The molecule has 5 heteroatoms. The van der Waals surface area contributed by atoms with Crippen LogP contribution in [0.2, 0.25) is 10.0 Å². The van der Waals surface area contributed by atoms with Crippen LogP contribution in [0.25, 0.3) is 0 Å². The van der Waals surface area contributed by atoms with Crippen LogP contribution in [0, 0.1) is 5.92 Å². The van der Waals surface area contributed by atoms with Gasteiger partial charge in [0.15, 0.2) is 5.78 Å². The van der Waals surface area contributed by atoms with Crippen molar-refractivity contribution in [2.24, 2.45) is 5.92 Å². The van der Waals surface area contributed by atoms with E-state index in [2.05, 4.69) is 4.90 Å². The third kappa shape index (κ3) is 3.93. The van der Waals surface area contributed by atoms with Gasteiger partial charge < -0.3 is 4.74 Å². The maximum atomic E-state index is 12.2. The molecule has 1 aliphatic rings. The van der Waals surface area contributed by atoms with Crippen molar-refractivity contribution >= 4 is 29.0 Å². The molecule has 0 N–H and O–H groups in total. The number of methoxy groups -OCH3 is 1. The van der Waals surface area contributed by atoms with Gasteiger partial charge in [0.25, 0.3) is 0 Å². The molecule has 1 saturated heterocycles. The molecular formula is C14H17Cl2NO2. The van der Waals surface area contributed by atoms with Crippen molar-refractivity contribution < 1.29 is 9.53 Å². The Labute approximate surface area is 123 Å². The highest BCUT2D eigenvalue weighted by atomic mass is 35.5. The highest BCUT2D eigenvalue weighted by molar-refractivity contribution is 6.42. The van der Waals surface area contributed by atoms with Crippen LogP contribution in [-0.4, -0.2) is 44.0 Å². The zero-order valence-corrected chi connectivity index (χ0v) is 12.4. The molecule has 0 radical (unpaired) electrons. The normalized spacial score (nSPS) is 19.8. The molecule has 1 atom stereocenters. The van der Waals surface area contributed by atoms with Crippen LogP contribution in [0.4, 0.5) is 0 Å². The summed E-state index contributed by atoms with van der Waals surface area (Å²) in [5.41, 5.74) is 0.615. The monoisotopic (exact) mass is 301 g/mol. The average Bonchev–Trinajstić information content (AvgIpc) is 2.80. The molecule has 2 rings (SSSR count). The molecule has 104 valence electrons. The number of rotatable bonds is 5. The van der Waals surface area contributed by atoms with E-state index in [0.717, 1.165) is 26.1 Å². The number of nitrogens with zero attached hydrogens (tertiary/aromatic N) is 1. The van der Waals surface area contributed by atoms with Crippen LogP contribution in [-0.2, 0) is 4.74 Å². The van der Waals surface area contributed by atoms with Crippen LogP contribution in [0.15, 0.2) is 18.2 Å². The molecule has 1 heterocycles. The van der Waals surface area contributed by atoms with E-state index >= 15 is 0 Å². The third-order valence-corrected chi connectivity index (χ3v) is 4.12. The van der Waals surface area contributed by atoms with Gasteiger partial charge in [0.1, 0.15) is 0 Å².